The third kappa shape index (κ3) is 30.6. The molecule has 0 aliphatic heterocycles. The Kier molecular flexibility index (Phi) is 33.7. The normalized spacial score (nSPS) is 11.5. The van der Waals surface area contributed by atoms with E-state index >= 15 is 0 Å². The average molecular weight is 775 g/mol. The van der Waals surface area contributed by atoms with Gasteiger partial charge in [0, 0.05) is 30.2 Å². The summed E-state index contributed by atoms with van der Waals surface area (Å²) in [7, 11) is 0. The fourth-order valence-corrected chi connectivity index (χ4v) is 7.48. The molecule has 0 unspecified atom stereocenters. The maximum Gasteiger partial charge on any atom is 0.0646 e. The molecular weight excluding hydrogens is 689 g/mol. The van der Waals surface area contributed by atoms with E-state index < -0.39 is 0 Å². The molecule has 2 heteroatoms. The minimum absolute atomic E-state index is 0.922. The first kappa shape index (κ1) is 50.0. The lowest BCUT2D eigenvalue weighted by molar-refractivity contribution is 0.536. The fourth-order valence-electron chi connectivity index (χ4n) is 7.48. The van der Waals surface area contributed by atoms with Crippen LogP contribution in [0.15, 0.2) is 58.5 Å². The van der Waals surface area contributed by atoms with Crippen molar-refractivity contribution in [3.63, 3.8) is 0 Å². The van der Waals surface area contributed by atoms with Crippen LogP contribution in [0.5, 0.6) is 0 Å². The van der Waals surface area contributed by atoms with Gasteiger partial charge >= 0.3 is 0 Å². The van der Waals surface area contributed by atoms with E-state index in [-0.39, 0.29) is 0 Å². The molecule has 0 aliphatic rings. The van der Waals surface area contributed by atoms with Gasteiger partial charge in [-0.2, -0.15) is 0 Å². The summed E-state index contributed by atoms with van der Waals surface area (Å²) in [5.41, 5.74) is 5.00. The van der Waals surface area contributed by atoms with Gasteiger partial charge in [-0.15, -0.1) is 0 Å². The van der Waals surface area contributed by atoms with Crippen LogP contribution >= 0.6 is 0 Å². The maximum absolute atomic E-state index is 5.05. The highest BCUT2D eigenvalue weighted by atomic mass is 14.8. The lowest BCUT2D eigenvalue weighted by Crippen LogP contribution is -1.99. The summed E-state index contributed by atoms with van der Waals surface area (Å²) in [6, 6.07) is 16.7. The van der Waals surface area contributed by atoms with Crippen LogP contribution in [0, 0.1) is 23.7 Å². The van der Waals surface area contributed by atoms with Gasteiger partial charge in [-0.25, -0.2) is 0 Å². The molecule has 0 fully saturated rings. The van der Waals surface area contributed by atoms with Gasteiger partial charge in [0.1, 0.15) is 0 Å². The van der Waals surface area contributed by atoms with E-state index in [2.05, 4.69) is 93.0 Å². The Morgan fingerprint density at radius 2 is 0.772 bits per heavy atom. The maximum atomic E-state index is 5.05. The van der Waals surface area contributed by atoms with Crippen molar-refractivity contribution >= 4 is 23.3 Å². The van der Waals surface area contributed by atoms with Crippen molar-refractivity contribution in [1.29, 1.82) is 0 Å². The molecule has 57 heavy (non-hydrogen) atoms. The fraction of sp³-hybridized carbons (Fsp3) is 0.673. The number of rotatable bonds is 35. The molecule has 0 aromatic heterocycles. The molecule has 316 valence electrons. The number of aliphatic imine (C=N–C) groups is 2. The molecule has 2 aromatic rings. The average Bonchev–Trinajstić information content (AvgIpc) is 3.23. The Morgan fingerprint density at radius 3 is 1.19 bits per heavy atom. The van der Waals surface area contributed by atoms with E-state index in [0.29, 0.717) is 0 Å². The van der Waals surface area contributed by atoms with Gasteiger partial charge in [-0.05, 0) is 62.1 Å². The molecule has 0 amide bonds. The Labute approximate surface area is 354 Å². The second-order valence-electron chi connectivity index (χ2n) is 16.7. The molecule has 0 heterocycles. The van der Waals surface area contributed by atoms with Crippen LogP contribution in [0.2, 0.25) is 0 Å². The zero-order chi connectivity index (χ0) is 40.5. The number of hydrogen-bond acceptors (Lipinski definition) is 2. The number of hydrogen-bond donors (Lipinski definition) is 0. The minimum atomic E-state index is 0.922. The smallest absolute Gasteiger partial charge is 0.0646 e. The standard InChI is InChI=1S/C55H86N2/c1-4-7-10-12-14-16-18-20-22-24-26-28-30-32-34-37-41-51-43-39-46-53(48-51)56-50-55(45-36-9-6-3)57-54-47-40-44-52(49-54)42-38-35-33-31-29-27-25-23-21-19-17-15-13-11-8-5-2/h39-40,43-44,46-50H,4-36,45H2,1-3H3. The van der Waals surface area contributed by atoms with E-state index in [1.54, 1.807) is 0 Å². The summed E-state index contributed by atoms with van der Waals surface area (Å²) in [6.07, 6.45) is 47.2. The molecule has 0 bridgehead atoms. The molecule has 2 rings (SSSR count). The number of benzene rings is 2. The molecule has 2 aromatic carbocycles. The van der Waals surface area contributed by atoms with Crippen molar-refractivity contribution in [2.24, 2.45) is 9.98 Å². The predicted molar refractivity (Wildman–Crippen MR) is 256 cm³/mol. The SMILES string of the molecule is CCCCCCCCCCCCCCCCC#Cc1cccc(N=CC(CCCCC)=Nc2cccc(C#CCCCCCCCCCCCCCCCC)c2)c1. The van der Waals surface area contributed by atoms with Crippen LogP contribution in [0.3, 0.4) is 0 Å². The lowest BCUT2D eigenvalue weighted by atomic mass is 10.0. The number of unbranched alkanes of at least 4 members (excludes halogenated alkanes) is 30. The Morgan fingerprint density at radius 1 is 0.421 bits per heavy atom. The Bertz CT molecular complexity index is 1410. The summed E-state index contributed by atoms with van der Waals surface area (Å²) in [5.74, 6) is 13.6. The zero-order valence-corrected chi connectivity index (χ0v) is 37.6. The molecule has 0 aliphatic carbocycles. The summed E-state index contributed by atoms with van der Waals surface area (Å²) < 4.78 is 0. The Hall–Kier alpha value is -3.10. The van der Waals surface area contributed by atoms with Gasteiger partial charge in [0.25, 0.3) is 0 Å². The third-order valence-electron chi connectivity index (χ3n) is 11.1. The van der Waals surface area contributed by atoms with Crippen molar-refractivity contribution in [2.45, 2.75) is 239 Å². The summed E-state index contributed by atoms with van der Waals surface area (Å²) >= 11 is 0. The molecular formula is C55H86N2. The van der Waals surface area contributed by atoms with E-state index in [1.165, 1.54) is 193 Å². The van der Waals surface area contributed by atoms with Gasteiger partial charge < -0.3 is 0 Å². The van der Waals surface area contributed by atoms with Gasteiger partial charge in [-0.3, -0.25) is 9.98 Å². The third-order valence-corrected chi connectivity index (χ3v) is 11.1. The van der Waals surface area contributed by atoms with E-state index in [1.807, 2.05) is 6.21 Å². The van der Waals surface area contributed by atoms with Crippen LogP contribution < -0.4 is 0 Å². The van der Waals surface area contributed by atoms with Gasteiger partial charge in [0.15, 0.2) is 0 Å². The monoisotopic (exact) mass is 775 g/mol. The highest BCUT2D eigenvalue weighted by Gasteiger charge is 2.01. The van der Waals surface area contributed by atoms with Crippen molar-refractivity contribution < 1.29 is 0 Å². The molecule has 0 atom stereocenters. The van der Waals surface area contributed by atoms with Crippen LogP contribution in [0.1, 0.15) is 250 Å². The summed E-state index contributed by atoms with van der Waals surface area (Å²) in [5, 5.41) is 0. The van der Waals surface area contributed by atoms with Gasteiger partial charge in [0.05, 0.1) is 17.1 Å². The lowest BCUT2D eigenvalue weighted by Gasteiger charge is -2.03. The number of nitrogens with zero attached hydrogens (tertiary/aromatic N) is 2. The van der Waals surface area contributed by atoms with Gasteiger partial charge in [-0.1, -0.05) is 236 Å². The predicted octanol–water partition coefficient (Wildman–Crippen LogP) is 18.2. The van der Waals surface area contributed by atoms with Crippen LogP contribution in [0.4, 0.5) is 11.4 Å². The molecule has 0 saturated heterocycles. The zero-order valence-electron chi connectivity index (χ0n) is 37.6. The van der Waals surface area contributed by atoms with Crippen molar-refractivity contribution in [1.82, 2.24) is 0 Å². The molecule has 0 radical (unpaired) electrons. The first-order valence-electron chi connectivity index (χ1n) is 24.5. The second kappa shape index (κ2) is 38.4. The minimum Gasteiger partial charge on any atom is -0.255 e. The quantitative estimate of drug-likeness (QED) is 0.0379. The largest absolute Gasteiger partial charge is 0.255 e. The highest BCUT2D eigenvalue weighted by Crippen LogP contribution is 2.19. The Balaban J connectivity index is 1.71. The van der Waals surface area contributed by atoms with Crippen LogP contribution in [-0.2, 0) is 0 Å². The molecule has 0 saturated carbocycles. The topological polar surface area (TPSA) is 24.7 Å². The second-order valence-corrected chi connectivity index (χ2v) is 16.7. The van der Waals surface area contributed by atoms with Crippen LogP contribution in [-0.4, -0.2) is 11.9 Å². The molecule has 0 N–H and O–H groups in total. The summed E-state index contributed by atoms with van der Waals surface area (Å²) in [4.78, 5) is 9.91. The van der Waals surface area contributed by atoms with E-state index in [0.717, 1.165) is 53.9 Å². The van der Waals surface area contributed by atoms with E-state index in [4.69, 9.17) is 9.98 Å². The first-order valence-corrected chi connectivity index (χ1v) is 24.5. The molecule has 2 nitrogen and oxygen atoms in total. The van der Waals surface area contributed by atoms with Crippen LogP contribution in [0.25, 0.3) is 0 Å². The molecule has 0 spiro atoms. The highest BCUT2D eigenvalue weighted by molar-refractivity contribution is 6.31. The van der Waals surface area contributed by atoms with E-state index in [9.17, 15) is 0 Å². The first-order chi connectivity index (χ1) is 28.2. The summed E-state index contributed by atoms with van der Waals surface area (Å²) in [6.45, 7) is 6.84. The van der Waals surface area contributed by atoms with Crippen molar-refractivity contribution in [3.05, 3.63) is 59.7 Å². The van der Waals surface area contributed by atoms with Gasteiger partial charge in [0.2, 0.25) is 0 Å². The van der Waals surface area contributed by atoms with Crippen molar-refractivity contribution in [3.8, 4) is 23.7 Å². The van der Waals surface area contributed by atoms with Crippen molar-refractivity contribution in [2.75, 3.05) is 0 Å².